The summed E-state index contributed by atoms with van der Waals surface area (Å²) in [5.74, 6) is 0. The van der Waals surface area contributed by atoms with E-state index in [0.29, 0.717) is 13.1 Å². The third-order valence-electron chi connectivity index (χ3n) is 1.62. The second kappa shape index (κ2) is 5.48. The van der Waals surface area contributed by atoms with E-state index < -0.39 is 6.10 Å². The van der Waals surface area contributed by atoms with Gasteiger partial charge in [0, 0.05) is 25.1 Å². The van der Waals surface area contributed by atoms with Crippen LogP contribution in [0, 0.1) is 5.41 Å². The zero-order valence-electron chi connectivity index (χ0n) is 7.75. The lowest BCUT2D eigenvalue weighted by Crippen LogP contribution is -2.37. The van der Waals surface area contributed by atoms with Crippen LogP contribution in [0.15, 0.2) is 0 Å². The molecule has 4 N–H and O–H groups in total. The quantitative estimate of drug-likeness (QED) is 0.417. The van der Waals surface area contributed by atoms with Gasteiger partial charge in [0.1, 0.15) is 0 Å². The number of hydrogen-bond acceptors (Lipinski definition) is 4. The first-order chi connectivity index (χ1) is 5.52. The van der Waals surface area contributed by atoms with Crippen molar-refractivity contribution in [3.05, 3.63) is 0 Å². The van der Waals surface area contributed by atoms with E-state index in [1.54, 1.807) is 0 Å². The van der Waals surface area contributed by atoms with Crippen molar-refractivity contribution in [2.24, 2.45) is 5.41 Å². The molecule has 0 saturated carbocycles. The van der Waals surface area contributed by atoms with E-state index in [0.717, 1.165) is 0 Å². The van der Waals surface area contributed by atoms with E-state index in [9.17, 15) is 0 Å². The molecule has 0 spiro atoms. The van der Waals surface area contributed by atoms with Crippen molar-refractivity contribution in [2.45, 2.75) is 20.0 Å². The van der Waals surface area contributed by atoms with Crippen molar-refractivity contribution in [2.75, 3.05) is 26.3 Å². The molecular weight excluding hydrogens is 158 g/mol. The molecule has 0 aromatic heterocycles. The summed E-state index contributed by atoms with van der Waals surface area (Å²) in [4.78, 5) is 0. The average Bonchev–Trinajstić information content (AvgIpc) is 2.04. The summed E-state index contributed by atoms with van der Waals surface area (Å²) >= 11 is 0. The maximum absolute atomic E-state index is 8.95. The Morgan fingerprint density at radius 2 is 1.92 bits per heavy atom. The summed E-state index contributed by atoms with van der Waals surface area (Å²) in [6, 6.07) is 0. The molecule has 1 atom stereocenters. The molecule has 0 heterocycles. The molecule has 0 radical (unpaired) electrons. The van der Waals surface area contributed by atoms with Crippen LogP contribution in [0.25, 0.3) is 0 Å². The minimum Gasteiger partial charge on any atom is -0.396 e. The zero-order chi connectivity index (χ0) is 9.61. The van der Waals surface area contributed by atoms with Gasteiger partial charge in [0.25, 0.3) is 0 Å². The number of aliphatic hydroxyl groups excluding tert-OH is 3. The third-order valence-corrected chi connectivity index (χ3v) is 1.62. The van der Waals surface area contributed by atoms with Crippen LogP contribution < -0.4 is 5.32 Å². The van der Waals surface area contributed by atoms with Gasteiger partial charge < -0.3 is 20.6 Å². The Labute approximate surface area is 73.2 Å². The predicted molar refractivity (Wildman–Crippen MR) is 46.8 cm³/mol. The number of nitrogens with one attached hydrogen (secondary N) is 1. The van der Waals surface area contributed by atoms with Crippen LogP contribution >= 0.6 is 0 Å². The maximum Gasteiger partial charge on any atom is 0.0894 e. The monoisotopic (exact) mass is 177 g/mol. The van der Waals surface area contributed by atoms with E-state index >= 15 is 0 Å². The highest BCUT2D eigenvalue weighted by molar-refractivity contribution is 4.70. The maximum atomic E-state index is 8.95. The molecule has 0 aliphatic carbocycles. The highest BCUT2D eigenvalue weighted by Crippen LogP contribution is 2.10. The van der Waals surface area contributed by atoms with Gasteiger partial charge in [0.15, 0.2) is 0 Å². The van der Waals surface area contributed by atoms with Crippen LogP contribution in [-0.2, 0) is 0 Å². The first-order valence-corrected chi connectivity index (χ1v) is 4.12. The van der Waals surface area contributed by atoms with Crippen LogP contribution in [-0.4, -0.2) is 47.7 Å². The fraction of sp³-hybridized carbons (Fsp3) is 1.00. The normalized spacial score (nSPS) is 14.8. The second-order valence-corrected chi connectivity index (χ2v) is 3.79. The molecule has 0 aliphatic heterocycles. The van der Waals surface area contributed by atoms with Crippen LogP contribution in [0.1, 0.15) is 13.8 Å². The van der Waals surface area contributed by atoms with Crippen LogP contribution in [0.5, 0.6) is 0 Å². The molecule has 0 aliphatic rings. The van der Waals surface area contributed by atoms with Crippen LogP contribution in [0.2, 0.25) is 0 Å². The summed E-state index contributed by atoms with van der Waals surface area (Å²) in [7, 11) is 0. The van der Waals surface area contributed by atoms with Crippen LogP contribution in [0.3, 0.4) is 0 Å². The Morgan fingerprint density at radius 1 is 1.33 bits per heavy atom. The third kappa shape index (κ3) is 5.49. The predicted octanol–water partition coefficient (Wildman–Crippen LogP) is -1.05. The van der Waals surface area contributed by atoms with Gasteiger partial charge in [-0.05, 0) is 0 Å². The molecule has 0 aromatic carbocycles. The van der Waals surface area contributed by atoms with Crippen molar-refractivity contribution >= 4 is 0 Å². The molecule has 0 amide bonds. The molecule has 4 heteroatoms. The lowest BCUT2D eigenvalue weighted by molar-refractivity contribution is 0.0879. The molecule has 4 nitrogen and oxygen atoms in total. The van der Waals surface area contributed by atoms with Gasteiger partial charge in [-0.3, -0.25) is 0 Å². The van der Waals surface area contributed by atoms with Gasteiger partial charge in [0.2, 0.25) is 0 Å². The Balaban J connectivity index is 3.42. The molecule has 0 aromatic rings. The largest absolute Gasteiger partial charge is 0.396 e. The van der Waals surface area contributed by atoms with Gasteiger partial charge in [-0.2, -0.15) is 0 Å². The number of hydrogen-bond donors (Lipinski definition) is 4. The van der Waals surface area contributed by atoms with Crippen molar-refractivity contribution in [1.82, 2.24) is 5.32 Å². The molecule has 74 valence electrons. The minimum atomic E-state index is -0.709. The van der Waals surface area contributed by atoms with Crippen LogP contribution in [0.4, 0.5) is 0 Å². The van der Waals surface area contributed by atoms with Crippen molar-refractivity contribution in [3.8, 4) is 0 Å². The van der Waals surface area contributed by atoms with Gasteiger partial charge in [-0.1, -0.05) is 13.8 Å². The summed E-state index contributed by atoms with van der Waals surface area (Å²) in [6.45, 7) is 4.71. The van der Waals surface area contributed by atoms with Crippen molar-refractivity contribution in [1.29, 1.82) is 0 Å². The van der Waals surface area contributed by atoms with E-state index in [-0.39, 0.29) is 18.6 Å². The number of rotatable bonds is 6. The molecule has 0 unspecified atom stereocenters. The van der Waals surface area contributed by atoms with Gasteiger partial charge in [-0.25, -0.2) is 0 Å². The Kier molecular flexibility index (Phi) is 5.41. The van der Waals surface area contributed by atoms with Gasteiger partial charge in [-0.15, -0.1) is 0 Å². The minimum absolute atomic E-state index is 0.106. The number of aliphatic hydroxyl groups is 3. The summed E-state index contributed by atoms with van der Waals surface area (Å²) < 4.78 is 0. The Morgan fingerprint density at radius 3 is 2.33 bits per heavy atom. The van der Waals surface area contributed by atoms with E-state index in [1.807, 2.05) is 13.8 Å². The molecule has 0 bridgehead atoms. The highest BCUT2D eigenvalue weighted by Gasteiger charge is 2.15. The molecule has 0 rings (SSSR count). The summed E-state index contributed by atoms with van der Waals surface area (Å²) in [5, 5.41) is 29.3. The first-order valence-electron chi connectivity index (χ1n) is 4.12. The average molecular weight is 177 g/mol. The van der Waals surface area contributed by atoms with E-state index in [1.165, 1.54) is 0 Å². The van der Waals surface area contributed by atoms with Gasteiger partial charge >= 0.3 is 0 Å². The van der Waals surface area contributed by atoms with Gasteiger partial charge in [0.05, 0.1) is 12.7 Å². The smallest absolute Gasteiger partial charge is 0.0894 e. The van der Waals surface area contributed by atoms with E-state index in [4.69, 9.17) is 15.3 Å². The molecule has 0 saturated heterocycles. The fourth-order valence-electron chi connectivity index (χ4n) is 0.698. The fourth-order valence-corrected chi connectivity index (χ4v) is 0.698. The first kappa shape index (κ1) is 11.8. The molecule has 12 heavy (non-hydrogen) atoms. The second-order valence-electron chi connectivity index (χ2n) is 3.79. The zero-order valence-corrected chi connectivity index (χ0v) is 7.75. The van der Waals surface area contributed by atoms with Crippen molar-refractivity contribution < 1.29 is 15.3 Å². The summed E-state index contributed by atoms with van der Waals surface area (Å²) in [6.07, 6.45) is -0.709. The highest BCUT2D eigenvalue weighted by atomic mass is 16.3. The lowest BCUT2D eigenvalue weighted by Gasteiger charge is -2.22. The lowest BCUT2D eigenvalue weighted by atomic mass is 9.95. The molecular formula is C8H19NO3. The van der Waals surface area contributed by atoms with E-state index in [2.05, 4.69) is 5.32 Å². The Bertz CT molecular complexity index is 117. The SMILES string of the molecule is CC(C)(CO)CNC[C@H](O)CO. The topological polar surface area (TPSA) is 72.7 Å². The molecule has 0 fully saturated rings. The Hall–Kier alpha value is -0.160. The standard InChI is InChI=1S/C8H19NO3/c1-8(2,6-11)5-9-3-7(12)4-10/h7,9-12H,3-6H2,1-2H3/t7-/m0/s1. The van der Waals surface area contributed by atoms with Crippen molar-refractivity contribution in [3.63, 3.8) is 0 Å². The summed E-state index contributed by atoms with van der Waals surface area (Å²) in [5.41, 5.74) is -0.171.